The largest absolute Gasteiger partial charge is 0.301 e. The Labute approximate surface area is 122 Å². The van der Waals surface area contributed by atoms with Crippen molar-refractivity contribution in [3.8, 4) is 0 Å². The number of ketones is 1. The molecule has 0 radical (unpaired) electrons. The van der Waals surface area contributed by atoms with Gasteiger partial charge in [-0.3, -0.25) is 4.79 Å². The first-order valence-electron chi connectivity index (χ1n) is 5.96. The van der Waals surface area contributed by atoms with Crippen LogP contribution in [0.25, 0.3) is 0 Å². The fraction of sp³-hybridized carbons (Fsp3) is 0.462. The van der Waals surface area contributed by atoms with E-state index in [1.807, 2.05) is 11.8 Å². The second kappa shape index (κ2) is 6.80. The van der Waals surface area contributed by atoms with Gasteiger partial charge in [0.1, 0.15) is 0 Å². The van der Waals surface area contributed by atoms with Crippen molar-refractivity contribution in [3.05, 3.63) is 33.8 Å². The smallest absolute Gasteiger partial charge is 0.165 e. The number of hydrogen-bond acceptors (Lipinski definition) is 3. The minimum absolute atomic E-state index is 0.0701. The van der Waals surface area contributed by atoms with Gasteiger partial charge < -0.3 is 4.90 Å². The van der Waals surface area contributed by atoms with E-state index >= 15 is 0 Å². The first-order chi connectivity index (χ1) is 8.68. The molecule has 5 heteroatoms. The topological polar surface area (TPSA) is 20.3 Å². The molecule has 0 amide bonds. The highest BCUT2D eigenvalue weighted by Gasteiger charge is 2.15. The van der Waals surface area contributed by atoms with Gasteiger partial charge in [-0.05, 0) is 12.1 Å². The second-order valence-electron chi connectivity index (χ2n) is 4.23. The van der Waals surface area contributed by atoms with Crippen LogP contribution in [0.4, 0.5) is 0 Å². The van der Waals surface area contributed by atoms with Gasteiger partial charge >= 0.3 is 0 Å². The van der Waals surface area contributed by atoms with Crippen LogP contribution in [0.5, 0.6) is 0 Å². The SMILES string of the molecule is O=C(CCN1CCSCC1)c1cccc(Cl)c1Cl. The normalized spacial score (nSPS) is 16.8. The van der Waals surface area contributed by atoms with Gasteiger partial charge in [0.05, 0.1) is 10.0 Å². The van der Waals surface area contributed by atoms with Gasteiger partial charge in [-0.2, -0.15) is 11.8 Å². The lowest BCUT2D eigenvalue weighted by Gasteiger charge is -2.25. The quantitative estimate of drug-likeness (QED) is 0.793. The van der Waals surface area contributed by atoms with Gasteiger partial charge in [-0.15, -0.1) is 0 Å². The Balaban J connectivity index is 1.93. The standard InChI is InChI=1S/C13H15Cl2NOS/c14-11-3-1-2-10(13(11)15)12(17)4-5-16-6-8-18-9-7-16/h1-3H,4-9H2. The molecular weight excluding hydrogens is 289 g/mol. The maximum atomic E-state index is 12.1. The second-order valence-corrected chi connectivity index (χ2v) is 6.24. The number of carbonyl (C=O) groups is 1. The monoisotopic (exact) mass is 303 g/mol. The van der Waals surface area contributed by atoms with E-state index in [1.54, 1.807) is 18.2 Å². The number of halogens is 2. The molecule has 1 fully saturated rings. The fourth-order valence-corrected chi connectivity index (χ4v) is 3.32. The molecule has 0 unspecified atom stereocenters. The highest BCUT2D eigenvalue weighted by atomic mass is 35.5. The molecule has 1 aliphatic heterocycles. The maximum absolute atomic E-state index is 12.1. The summed E-state index contributed by atoms with van der Waals surface area (Å²) in [6.07, 6.45) is 0.505. The molecule has 2 nitrogen and oxygen atoms in total. The summed E-state index contributed by atoms with van der Waals surface area (Å²) in [6.45, 7) is 2.95. The molecule has 1 aliphatic rings. The van der Waals surface area contributed by atoms with Gasteiger partial charge in [-0.1, -0.05) is 29.3 Å². The molecule has 0 aromatic heterocycles. The molecular formula is C13H15Cl2NOS. The predicted molar refractivity (Wildman–Crippen MR) is 79.2 cm³/mol. The van der Waals surface area contributed by atoms with Crippen molar-refractivity contribution in [2.75, 3.05) is 31.1 Å². The van der Waals surface area contributed by atoms with Crippen LogP contribution >= 0.6 is 35.0 Å². The van der Waals surface area contributed by atoms with Crippen LogP contribution in [0.1, 0.15) is 16.8 Å². The Bertz CT molecular complexity index is 433. The first-order valence-corrected chi connectivity index (χ1v) is 7.87. The Hall–Kier alpha value is -0.220. The molecule has 1 heterocycles. The molecule has 0 bridgehead atoms. The van der Waals surface area contributed by atoms with Crippen molar-refractivity contribution in [2.24, 2.45) is 0 Å². The average molecular weight is 304 g/mol. The number of benzene rings is 1. The van der Waals surface area contributed by atoms with Gasteiger partial charge in [-0.25, -0.2) is 0 Å². The third kappa shape index (κ3) is 3.64. The van der Waals surface area contributed by atoms with Crippen molar-refractivity contribution in [2.45, 2.75) is 6.42 Å². The summed E-state index contributed by atoms with van der Waals surface area (Å²) in [4.78, 5) is 14.4. The van der Waals surface area contributed by atoms with Gasteiger partial charge in [0.25, 0.3) is 0 Å². The highest BCUT2D eigenvalue weighted by molar-refractivity contribution is 7.99. The zero-order valence-corrected chi connectivity index (χ0v) is 12.3. The first kappa shape index (κ1) is 14.2. The Morgan fingerprint density at radius 1 is 1.28 bits per heavy atom. The van der Waals surface area contributed by atoms with E-state index in [1.165, 1.54) is 0 Å². The lowest BCUT2D eigenvalue weighted by atomic mass is 10.1. The molecule has 0 saturated carbocycles. The summed E-state index contributed by atoms with van der Waals surface area (Å²) in [5.74, 6) is 2.39. The van der Waals surface area contributed by atoms with Gasteiger partial charge in [0.2, 0.25) is 0 Å². The lowest BCUT2D eigenvalue weighted by molar-refractivity contribution is 0.0966. The maximum Gasteiger partial charge on any atom is 0.165 e. The third-order valence-corrected chi connectivity index (χ3v) is 4.77. The number of thioether (sulfide) groups is 1. The van der Waals surface area contributed by atoms with Crippen molar-refractivity contribution < 1.29 is 4.79 Å². The number of Topliss-reactive ketones (excluding diaryl/α,β-unsaturated/α-hetero) is 1. The van der Waals surface area contributed by atoms with Crippen LogP contribution < -0.4 is 0 Å². The Morgan fingerprint density at radius 2 is 2.00 bits per heavy atom. The van der Waals surface area contributed by atoms with E-state index in [0.717, 1.165) is 31.1 Å². The fourth-order valence-electron chi connectivity index (χ4n) is 1.94. The summed E-state index contributed by atoms with van der Waals surface area (Å²) in [7, 11) is 0. The summed E-state index contributed by atoms with van der Waals surface area (Å²) in [5, 5.41) is 0.815. The molecule has 0 spiro atoms. The Kier molecular flexibility index (Phi) is 5.37. The highest BCUT2D eigenvalue weighted by Crippen LogP contribution is 2.26. The van der Waals surface area contributed by atoms with Crippen LogP contribution in [0.15, 0.2) is 18.2 Å². The molecule has 0 aliphatic carbocycles. The van der Waals surface area contributed by atoms with Crippen LogP contribution in [0.3, 0.4) is 0 Å². The number of hydrogen-bond donors (Lipinski definition) is 0. The van der Waals surface area contributed by atoms with E-state index < -0.39 is 0 Å². The van der Waals surface area contributed by atoms with Crippen molar-refractivity contribution >= 4 is 40.7 Å². The molecule has 1 aromatic carbocycles. The minimum Gasteiger partial charge on any atom is -0.301 e. The lowest BCUT2D eigenvalue weighted by Crippen LogP contribution is -2.34. The Morgan fingerprint density at radius 3 is 2.72 bits per heavy atom. The molecule has 1 saturated heterocycles. The van der Waals surface area contributed by atoms with Crippen LogP contribution in [-0.4, -0.2) is 41.8 Å². The van der Waals surface area contributed by atoms with E-state index in [2.05, 4.69) is 4.90 Å². The number of carbonyl (C=O) groups excluding carboxylic acids is 1. The van der Waals surface area contributed by atoms with Crippen LogP contribution in [0, 0.1) is 0 Å². The van der Waals surface area contributed by atoms with Crippen molar-refractivity contribution in [1.82, 2.24) is 4.90 Å². The molecule has 0 N–H and O–H groups in total. The van der Waals surface area contributed by atoms with E-state index in [-0.39, 0.29) is 5.78 Å². The van der Waals surface area contributed by atoms with Crippen LogP contribution in [0.2, 0.25) is 10.0 Å². The van der Waals surface area contributed by atoms with E-state index in [9.17, 15) is 4.79 Å². The third-order valence-electron chi connectivity index (χ3n) is 3.01. The minimum atomic E-state index is 0.0701. The summed E-state index contributed by atoms with van der Waals surface area (Å²) < 4.78 is 0. The average Bonchev–Trinajstić information content (AvgIpc) is 2.40. The molecule has 1 aromatic rings. The van der Waals surface area contributed by atoms with Gasteiger partial charge in [0, 0.05) is 43.1 Å². The molecule has 18 heavy (non-hydrogen) atoms. The summed E-state index contributed by atoms with van der Waals surface area (Å²) in [5.41, 5.74) is 0.538. The molecule has 2 rings (SSSR count). The van der Waals surface area contributed by atoms with E-state index in [0.29, 0.717) is 22.0 Å². The summed E-state index contributed by atoms with van der Waals surface area (Å²) >= 11 is 13.9. The van der Waals surface area contributed by atoms with Crippen LogP contribution in [-0.2, 0) is 0 Å². The number of rotatable bonds is 4. The predicted octanol–water partition coefficient (Wildman–Crippen LogP) is 3.62. The molecule has 98 valence electrons. The molecule has 0 atom stereocenters. The zero-order chi connectivity index (χ0) is 13.0. The van der Waals surface area contributed by atoms with Crippen molar-refractivity contribution in [1.29, 1.82) is 0 Å². The van der Waals surface area contributed by atoms with Crippen molar-refractivity contribution in [3.63, 3.8) is 0 Å². The van der Waals surface area contributed by atoms with Gasteiger partial charge in [0.15, 0.2) is 5.78 Å². The zero-order valence-electron chi connectivity index (χ0n) is 9.99. The summed E-state index contributed by atoms with van der Waals surface area (Å²) in [6, 6.07) is 5.20. The number of nitrogens with zero attached hydrogens (tertiary/aromatic N) is 1. The van der Waals surface area contributed by atoms with E-state index in [4.69, 9.17) is 23.2 Å².